The SMILES string of the molecule is CNC(=O)Oc1cc(C=O)cnc1N. The zero-order valence-electron chi connectivity index (χ0n) is 7.48. The Labute approximate surface area is 80.1 Å². The van der Waals surface area contributed by atoms with Crippen LogP contribution in [-0.2, 0) is 0 Å². The van der Waals surface area contributed by atoms with Crippen LogP contribution in [0.3, 0.4) is 0 Å². The van der Waals surface area contributed by atoms with Crippen molar-refractivity contribution in [1.82, 2.24) is 10.3 Å². The molecular formula is C8H9N3O3. The molecule has 0 aliphatic heterocycles. The van der Waals surface area contributed by atoms with Gasteiger partial charge in [-0.05, 0) is 6.07 Å². The summed E-state index contributed by atoms with van der Waals surface area (Å²) in [6.07, 6.45) is 1.21. The quantitative estimate of drug-likeness (QED) is 0.657. The predicted octanol–water partition coefficient (Wildman–Crippen LogP) is 0.195. The summed E-state index contributed by atoms with van der Waals surface area (Å²) >= 11 is 0. The van der Waals surface area contributed by atoms with E-state index >= 15 is 0 Å². The van der Waals surface area contributed by atoms with Gasteiger partial charge in [0.2, 0.25) is 0 Å². The highest BCUT2D eigenvalue weighted by atomic mass is 16.6. The summed E-state index contributed by atoms with van der Waals surface area (Å²) in [5, 5.41) is 2.25. The Bertz CT molecular complexity index is 365. The third-order valence-corrected chi connectivity index (χ3v) is 1.45. The van der Waals surface area contributed by atoms with Crippen molar-refractivity contribution in [2.24, 2.45) is 0 Å². The molecule has 1 aromatic heterocycles. The minimum Gasteiger partial charge on any atom is -0.406 e. The second-order valence-electron chi connectivity index (χ2n) is 2.41. The van der Waals surface area contributed by atoms with Gasteiger partial charge in [-0.1, -0.05) is 0 Å². The molecule has 0 fully saturated rings. The van der Waals surface area contributed by atoms with E-state index in [1.165, 1.54) is 19.3 Å². The fraction of sp³-hybridized carbons (Fsp3) is 0.125. The number of amides is 1. The van der Waals surface area contributed by atoms with Crippen LogP contribution >= 0.6 is 0 Å². The first-order chi connectivity index (χ1) is 6.67. The zero-order valence-corrected chi connectivity index (χ0v) is 7.48. The summed E-state index contributed by atoms with van der Waals surface area (Å²) in [5.41, 5.74) is 5.71. The van der Waals surface area contributed by atoms with Gasteiger partial charge in [-0.15, -0.1) is 0 Å². The molecule has 0 bridgehead atoms. The van der Waals surface area contributed by atoms with Crippen LogP contribution in [0.2, 0.25) is 0 Å². The van der Waals surface area contributed by atoms with Crippen molar-refractivity contribution in [1.29, 1.82) is 0 Å². The van der Waals surface area contributed by atoms with Gasteiger partial charge in [-0.2, -0.15) is 0 Å². The smallest absolute Gasteiger partial charge is 0.406 e. The van der Waals surface area contributed by atoms with Crippen molar-refractivity contribution in [2.45, 2.75) is 0 Å². The minimum absolute atomic E-state index is 0.0548. The van der Waals surface area contributed by atoms with Gasteiger partial charge in [-0.3, -0.25) is 4.79 Å². The number of carbonyl (C=O) groups excluding carboxylic acids is 2. The van der Waals surface area contributed by atoms with Gasteiger partial charge in [-0.25, -0.2) is 9.78 Å². The number of ether oxygens (including phenoxy) is 1. The summed E-state index contributed by atoms with van der Waals surface area (Å²) < 4.78 is 4.74. The van der Waals surface area contributed by atoms with Gasteiger partial charge in [0.15, 0.2) is 17.9 Å². The van der Waals surface area contributed by atoms with Gasteiger partial charge in [0.05, 0.1) is 0 Å². The number of pyridine rings is 1. The summed E-state index contributed by atoms with van der Waals surface area (Å²) in [5.74, 6) is 0.119. The first kappa shape index (κ1) is 9.97. The van der Waals surface area contributed by atoms with Gasteiger partial charge < -0.3 is 15.8 Å². The Balaban J connectivity index is 2.94. The van der Waals surface area contributed by atoms with E-state index < -0.39 is 6.09 Å². The highest BCUT2D eigenvalue weighted by Crippen LogP contribution is 2.18. The molecule has 1 heterocycles. The van der Waals surface area contributed by atoms with Crippen molar-refractivity contribution in [3.63, 3.8) is 0 Å². The second kappa shape index (κ2) is 4.22. The van der Waals surface area contributed by atoms with Crippen LogP contribution in [0.1, 0.15) is 10.4 Å². The molecule has 0 aliphatic carbocycles. The molecule has 0 unspecified atom stereocenters. The summed E-state index contributed by atoms with van der Waals surface area (Å²) in [4.78, 5) is 24.9. The fourth-order valence-electron chi connectivity index (χ4n) is 0.767. The summed E-state index contributed by atoms with van der Waals surface area (Å²) in [6.45, 7) is 0. The van der Waals surface area contributed by atoms with Crippen molar-refractivity contribution in [2.75, 3.05) is 12.8 Å². The van der Waals surface area contributed by atoms with E-state index in [2.05, 4.69) is 10.3 Å². The molecule has 3 N–H and O–H groups in total. The van der Waals surface area contributed by atoms with E-state index in [1.807, 2.05) is 0 Å². The van der Waals surface area contributed by atoms with Crippen LogP contribution in [0.4, 0.5) is 10.6 Å². The largest absolute Gasteiger partial charge is 0.412 e. The lowest BCUT2D eigenvalue weighted by atomic mass is 10.3. The normalized spacial score (nSPS) is 9.21. The Morgan fingerprint density at radius 1 is 1.71 bits per heavy atom. The number of carbonyl (C=O) groups is 2. The third-order valence-electron chi connectivity index (χ3n) is 1.45. The van der Waals surface area contributed by atoms with Gasteiger partial charge >= 0.3 is 6.09 Å². The van der Waals surface area contributed by atoms with Gasteiger partial charge in [0.25, 0.3) is 0 Å². The van der Waals surface area contributed by atoms with Crippen molar-refractivity contribution >= 4 is 18.2 Å². The number of hydrogen-bond donors (Lipinski definition) is 2. The van der Waals surface area contributed by atoms with E-state index in [4.69, 9.17) is 10.5 Å². The Morgan fingerprint density at radius 2 is 2.43 bits per heavy atom. The maximum atomic E-state index is 10.8. The Morgan fingerprint density at radius 3 is 3.00 bits per heavy atom. The lowest BCUT2D eigenvalue weighted by Gasteiger charge is -2.05. The molecule has 6 nitrogen and oxygen atoms in total. The Kier molecular flexibility index (Phi) is 3.01. The molecule has 14 heavy (non-hydrogen) atoms. The van der Waals surface area contributed by atoms with E-state index in [9.17, 15) is 9.59 Å². The fourth-order valence-corrected chi connectivity index (χ4v) is 0.767. The minimum atomic E-state index is -0.665. The van der Waals surface area contributed by atoms with Crippen LogP contribution < -0.4 is 15.8 Å². The average molecular weight is 195 g/mol. The first-order valence-corrected chi connectivity index (χ1v) is 3.77. The van der Waals surface area contributed by atoms with Crippen molar-refractivity contribution in [3.05, 3.63) is 17.8 Å². The molecule has 1 rings (SSSR count). The summed E-state index contributed by atoms with van der Waals surface area (Å²) in [7, 11) is 1.41. The highest BCUT2D eigenvalue weighted by Gasteiger charge is 2.07. The maximum Gasteiger partial charge on any atom is 0.412 e. The topological polar surface area (TPSA) is 94.3 Å². The van der Waals surface area contributed by atoms with Crippen LogP contribution in [-0.4, -0.2) is 24.4 Å². The molecule has 0 atom stereocenters. The molecule has 0 aromatic carbocycles. The molecule has 0 aliphatic rings. The van der Waals surface area contributed by atoms with Crippen LogP contribution in [0.5, 0.6) is 5.75 Å². The van der Waals surface area contributed by atoms with Gasteiger partial charge in [0.1, 0.15) is 0 Å². The maximum absolute atomic E-state index is 10.8. The molecule has 74 valence electrons. The number of nitrogens with two attached hydrogens (primary N) is 1. The zero-order chi connectivity index (χ0) is 10.6. The molecular weight excluding hydrogens is 186 g/mol. The second-order valence-corrected chi connectivity index (χ2v) is 2.41. The molecule has 6 heteroatoms. The third kappa shape index (κ3) is 2.19. The van der Waals surface area contributed by atoms with Crippen molar-refractivity contribution < 1.29 is 14.3 Å². The molecule has 0 saturated carbocycles. The van der Waals surface area contributed by atoms with E-state index in [1.54, 1.807) is 0 Å². The lowest BCUT2D eigenvalue weighted by molar-refractivity contribution is 0.112. The number of hydrogen-bond acceptors (Lipinski definition) is 5. The number of aromatic nitrogens is 1. The molecule has 0 spiro atoms. The molecule has 1 amide bonds. The number of nitrogens with zero attached hydrogens (tertiary/aromatic N) is 1. The number of nitrogen functional groups attached to an aromatic ring is 1. The first-order valence-electron chi connectivity index (χ1n) is 3.77. The number of nitrogens with one attached hydrogen (secondary N) is 1. The number of rotatable bonds is 2. The lowest BCUT2D eigenvalue weighted by Crippen LogP contribution is -2.22. The van der Waals surface area contributed by atoms with E-state index in [0.29, 0.717) is 6.29 Å². The molecule has 1 aromatic rings. The number of anilines is 1. The number of aldehydes is 1. The van der Waals surface area contributed by atoms with Gasteiger partial charge in [0, 0.05) is 18.8 Å². The Hall–Kier alpha value is -2.11. The summed E-state index contributed by atoms with van der Waals surface area (Å²) in [6, 6.07) is 1.34. The van der Waals surface area contributed by atoms with Crippen LogP contribution in [0.25, 0.3) is 0 Å². The highest BCUT2D eigenvalue weighted by molar-refractivity contribution is 5.78. The van der Waals surface area contributed by atoms with Crippen LogP contribution in [0, 0.1) is 0 Å². The average Bonchev–Trinajstić information content (AvgIpc) is 2.21. The monoisotopic (exact) mass is 195 g/mol. The standard InChI is InChI=1S/C8H9N3O3/c1-10-8(13)14-6-2-5(4-12)3-11-7(6)9/h2-4H,1H3,(H2,9,11)(H,10,13). The molecule has 0 radical (unpaired) electrons. The van der Waals surface area contributed by atoms with Crippen molar-refractivity contribution in [3.8, 4) is 5.75 Å². The van der Waals surface area contributed by atoms with E-state index in [-0.39, 0.29) is 17.1 Å². The van der Waals surface area contributed by atoms with E-state index in [0.717, 1.165) is 0 Å². The predicted molar refractivity (Wildman–Crippen MR) is 49.1 cm³/mol. The van der Waals surface area contributed by atoms with Crippen LogP contribution in [0.15, 0.2) is 12.3 Å². The molecule has 0 saturated heterocycles.